The van der Waals surface area contributed by atoms with E-state index in [2.05, 4.69) is 9.71 Å². The third-order valence-corrected chi connectivity index (χ3v) is 5.69. The molecule has 0 amide bonds. The molecule has 3 rings (SSSR count). The minimum atomic E-state index is -3.50. The van der Waals surface area contributed by atoms with Crippen LogP contribution in [-0.2, 0) is 10.0 Å². The van der Waals surface area contributed by atoms with Gasteiger partial charge in [-0.25, -0.2) is 13.4 Å². The molecular weight excluding hydrogens is 370 g/mol. The van der Waals surface area contributed by atoms with Gasteiger partial charge in [0.1, 0.15) is 0 Å². The SMILES string of the molecule is CS(=O)(=O)Nc1ccc([N+](=O)[O-])cc1Sc1nc2ccccc2s1. The smallest absolute Gasteiger partial charge is 0.270 e. The summed E-state index contributed by atoms with van der Waals surface area (Å²) in [6, 6.07) is 11.6. The molecule has 3 aromatic rings. The quantitative estimate of drug-likeness (QED) is 0.534. The van der Waals surface area contributed by atoms with E-state index in [9.17, 15) is 18.5 Å². The lowest BCUT2D eigenvalue weighted by Crippen LogP contribution is -2.10. The Hall–Kier alpha value is -2.17. The van der Waals surface area contributed by atoms with Gasteiger partial charge in [-0.1, -0.05) is 23.9 Å². The zero-order valence-electron chi connectivity index (χ0n) is 12.3. The molecule has 10 heteroatoms. The zero-order chi connectivity index (χ0) is 17.3. The number of nitrogens with one attached hydrogen (secondary N) is 1. The summed E-state index contributed by atoms with van der Waals surface area (Å²) in [6.07, 6.45) is 1.03. The molecule has 0 spiro atoms. The van der Waals surface area contributed by atoms with Gasteiger partial charge in [0.25, 0.3) is 5.69 Å². The first kappa shape index (κ1) is 16.7. The first-order valence-electron chi connectivity index (χ1n) is 6.61. The van der Waals surface area contributed by atoms with Crippen LogP contribution in [0.25, 0.3) is 10.2 Å². The van der Waals surface area contributed by atoms with Crippen LogP contribution in [0.4, 0.5) is 11.4 Å². The summed E-state index contributed by atoms with van der Waals surface area (Å²) in [5, 5.41) is 11.0. The van der Waals surface area contributed by atoms with E-state index < -0.39 is 14.9 Å². The van der Waals surface area contributed by atoms with E-state index in [1.54, 1.807) is 0 Å². The summed E-state index contributed by atoms with van der Waals surface area (Å²) in [7, 11) is -3.50. The number of sulfonamides is 1. The molecule has 0 unspecified atom stereocenters. The van der Waals surface area contributed by atoms with Crippen molar-refractivity contribution in [3.05, 3.63) is 52.6 Å². The number of hydrogen-bond acceptors (Lipinski definition) is 7. The average Bonchev–Trinajstić information content (AvgIpc) is 2.89. The van der Waals surface area contributed by atoms with Crippen LogP contribution >= 0.6 is 23.1 Å². The van der Waals surface area contributed by atoms with Crippen LogP contribution in [0.3, 0.4) is 0 Å². The number of anilines is 1. The summed E-state index contributed by atoms with van der Waals surface area (Å²) in [6.45, 7) is 0. The molecule has 1 N–H and O–H groups in total. The number of non-ortho nitro benzene ring substituents is 1. The Morgan fingerprint density at radius 1 is 1.25 bits per heavy atom. The number of nitrogens with zero attached hydrogens (tertiary/aromatic N) is 2. The molecular formula is C14H11N3O4S3. The van der Waals surface area contributed by atoms with Crippen LogP contribution in [0.2, 0.25) is 0 Å². The predicted molar refractivity (Wildman–Crippen MR) is 95.3 cm³/mol. The molecule has 7 nitrogen and oxygen atoms in total. The van der Waals surface area contributed by atoms with E-state index >= 15 is 0 Å². The van der Waals surface area contributed by atoms with Gasteiger partial charge in [-0.2, -0.15) is 0 Å². The number of benzene rings is 2. The lowest BCUT2D eigenvalue weighted by Gasteiger charge is -2.08. The predicted octanol–water partition coefficient (Wildman–Crippen LogP) is 3.73. The van der Waals surface area contributed by atoms with E-state index in [4.69, 9.17) is 0 Å². The van der Waals surface area contributed by atoms with Crippen LogP contribution in [0.15, 0.2) is 51.7 Å². The van der Waals surface area contributed by atoms with E-state index in [0.29, 0.717) is 9.24 Å². The Morgan fingerprint density at radius 3 is 2.67 bits per heavy atom. The van der Waals surface area contributed by atoms with Crippen molar-refractivity contribution in [2.24, 2.45) is 0 Å². The molecule has 0 saturated carbocycles. The molecule has 0 aliphatic heterocycles. The Morgan fingerprint density at radius 2 is 2.00 bits per heavy atom. The van der Waals surface area contributed by atoms with Gasteiger partial charge < -0.3 is 0 Å². The van der Waals surface area contributed by atoms with Crippen molar-refractivity contribution in [1.82, 2.24) is 4.98 Å². The van der Waals surface area contributed by atoms with Crippen molar-refractivity contribution in [2.45, 2.75) is 9.24 Å². The summed E-state index contributed by atoms with van der Waals surface area (Å²) in [4.78, 5) is 15.3. The standard InChI is InChI=1S/C14H11N3O4S3/c1-24(20,21)16-11-7-6-9(17(18)19)8-13(11)23-14-15-10-4-2-3-5-12(10)22-14/h2-8,16H,1H3. The van der Waals surface area contributed by atoms with Gasteiger partial charge >= 0.3 is 0 Å². The topological polar surface area (TPSA) is 102 Å². The highest BCUT2D eigenvalue weighted by atomic mass is 32.2. The number of fused-ring (bicyclic) bond motifs is 1. The van der Waals surface area contributed by atoms with E-state index in [1.807, 2.05) is 24.3 Å². The van der Waals surface area contributed by atoms with Crippen LogP contribution in [0.5, 0.6) is 0 Å². The van der Waals surface area contributed by atoms with Crippen molar-refractivity contribution in [1.29, 1.82) is 0 Å². The molecule has 0 fully saturated rings. The molecule has 0 saturated heterocycles. The number of para-hydroxylation sites is 1. The van der Waals surface area contributed by atoms with Crippen molar-refractivity contribution >= 4 is 54.7 Å². The highest BCUT2D eigenvalue weighted by Gasteiger charge is 2.16. The van der Waals surface area contributed by atoms with Gasteiger partial charge in [0.2, 0.25) is 10.0 Å². The lowest BCUT2D eigenvalue weighted by atomic mass is 10.3. The lowest BCUT2D eigenvalue weighted by molar-refractivity contribution is -0.385. The molecule has 124 valence electrons. The van der Waals surface area contributed by atoms with Crippen molar-refractivity contribution < 1.29 is 13.3 Å². The molecule has 0 radical (unpaired) electrons. The third kappa shape index (κ3) is 3.83. The van der Waals surface area contributed by atoms with Gasteiger partial charge in [0, 0.05) is 17.0 Å². The van der Waals surface area contributed by atoms with Crippen molar-refractivity contribution in [3.8, 4) is 0 Å². The molecule has 0 atom stereocenters. The molecule has 24 heavy (non-hydrogen) atoms. The summed E-state index contributed by atoms with van der Waals surface area (Å²) in [5.74, 6) is 0. The van der Waals surface area contributed by atoms with E-state index in [1.165, 1.54) is 41.3 Å². The van der Waals surface area contributed by atoms with Gasteiger partial charge in [-0.05, 0) is 18.2 Å². The minimum Gasteiger partial charge on any atom is -0.283 e. The molecule has 0 bridgehead atoms. The Labute approximate surface area is 145 Å². The second-order valence-electron chi connectivity index (χ2n) is 4.86. The maximum atomic E-state index is 11.5. The van der Waals surface area contributed by atoms with Crippen molar-refractivity contribution in [3.63, 3.8) is 0 Å². The maximum Gasteiger partial charge on any atom is 0.270 e. The van der Waals surface area contributed by atoms with Gasteiger partial charge in [0.05, 0.1) is 27.1 Å². The monoisotopic (exact) mass is 381 g/mol. The first-order chi connectivity index (χ1) is 11.3. The first-order valence-corrected chi connectivity index (χ1v) is 10.1. The van der Waals surface area contributed by atoms with Crippen LogP contribution in [-0.4, -0.2) is 24.6 Å². The second-order valence-corrected chi connectivity index (χ2v) is 8.93. The number of aromatic nitrogens is 1. The zero-order valence-corrected chi connectivity index (χ0v) is 14.7. The van der Waals surface area contributed by atoms with Crippen LogP contribution < -0.4 is 4.72 Å². The largest absolute Gasteiger partial charge is 0.283 e. The van der Waals surface area contributed by atoms with Gasteiger partial charge in [-0.3, -0.25) is 14.8 Å². The summed E-state index contributed by atoms with van der Waals surface area (Å²) < 4.78 is 27.0. The maximum absolute atomic E-state index is 11.5. The van der Waals surface area contributed by atoms with Gasteiger partial charge in [-0.15, -0.1) is 11.3 Å². The number of thiazole rings is 1. The average molecular weight is 381 g/mol. The number of rotatable bonds is 5. The fourth-order valence-electron chi connectivity index (χ4n) is 1.98. The fraction of sp³-hybridized carbons (Fsp3) is 0.0714. The Kier molecular flexibility index (Phi) is 4.43. The molecule has 0 aliphatic carbocycles. The molecule has 1 heterocycles. The number of nitro groups is 1. The fourth-order valence-corrected chi connectivity index (χ4v) is 4.77. The number of nitro benzene ring substituents is 1. The second kappa shape index (κ2) is 6.38. The molecule has 2 aromatic carbocycles. The van der Waals surface area contributed by atoms with E-state index in [-0.39, 0.29) is 11.4 Å². The summed E-state index contributed by atoms with van der Waals surface area (Å²) in [5.41, 5.74) is 0.998. The van der Waals surface area contributed by atoms with Gasteiger partial charge in [0.15, 0.2) is 4.34 Å². The van der Waals surface area contributed by atoms with Crippen LogP contribution in [0, 0.1) is 10.1 Å². The number of hydrogen-bond donors (Lipinski definition) is 1. The molecule has 1 aromatic heterocycles. The molecule has 0 aliphatic rings. The Balaban J connectivity index is 2.02. The van der Waals surface area contributed by atoms with Crippen molar-refractivity contribution in [2.75, 3.05) is 11.0 Å². The van der Waals surface area contributed by atoms with E-state index in [0.717, 1.165) is 16.5 Å². The summed E-state index contributed by atoms with van der Waals surface area (Å²) >= 11 is 2.63. The third-order valence-electron chi connectivity index (χ3n) is 2.94. The normalized spacial score (nSPS) is 11.5. The Bertz CT molecular complexity index is 998. The minimum absolute atomic E-state index is 0.113. The van der Waals surface area contributed by atoms with Crippen LogP contribution in [0.1, 0.15) is 0 Å². The highest BCUT2D eigenvalue weighted by Crippen LogP contribution is 2.39. The highest BCUT2D eigenvalue weighted by molar-refractivity contribution is 8.01.